The van der Waals surface area contributed by atoms with E-state index in [1.54, 1.807) is 54.1 Å². The van der Waals surface area contributed by atoms with E-state index < -0.39 is 35.5 Å². The number of hydrogen-bond acceptors (Lipinski definition) is 8. The number of aryl methyl sites for hydroxylation is 1. The number of benzene rings is 2. The molecule has 2 atom stereocenters. The molecule has 49 heavy (non-hydrogen) atoms. The Hall–Kier alpha value is -4.85. The van der Waals surface area contributed by atoms with Gasteiger partial charge in [-0.2, -0.15) is 19.0 Å². The smallest absolute Gasteiger partial charge is 0.407 e. The molecular weight excluding hydrogens is 656 g/mol. The van der Waals surface area contributed by atoms with Crippen molar-refractivity contribution in [3.63, 3.8) is 0 Å². The van der Waals surface area contributed by atoms with E-state index in [2.05, 4.69) is 20.5 Å². The van der Waals surface area contributed by atoms with Crippen molar-refractivity contribution >= 4 is 29.6 Å². The number of amides is 2. The lowest BCUT2D eigenvalue weighted by molar-refractivity contribution is -0.135. The maximum Gasteiger partial charge on any atom is 0.407 e. The first-order valence-electron chi connectivity index (χ1n) is 15.8. The Morgan fingerprint density at radius 1 is 1.12 bits per heavy atom. The summed E-state index contributed by atoms with van der Waals surface area (Å²) in [7, 11) is 0. The third-order valence-corrected chi connectivity index (χ3v) is 9.12. The first kappa shape index (κ1) is 34.0. The number of nitrogens with one attached hydrogen (secondary N) is 1. The summed E-state index contributed by atoms with van der Waals surface area (Å²) >= 11 is 6.60. The number of ether oxygens (including phenoxy) is 1. The van der Waals surface area contributed by atoms with E-state index in [9.17, 15) is 18.4 Å². The quantitative estimate of drug-likeness (QED) is 0.198. The number of nitrogens with zero attached hydrogens (tertiary/aromatic N) is 7. The fraction of sp³-hybridized carbons (Fsp3) is 0.412. The van der Waals surface area contributed by atoms with Crippen LogP contribution in [-0.2, 0) is 15.1 Å². The number of nitrogens with two attached hydrogens (primary N) is 1. The van der Waals surface area contributed by atoms with Crippen molar-refractivity contribution in [3.05, 3.63) is 83.2 Å². The zero-order chi connectivity index (χ0) is 35.3. The molecule has 3 heterocycles. The molecule has 0 bridgehead atoms. The van der Waals surface area contributed by atoms with Gasteiger partial charge in [-0.25, -0.2) is 24.1 Å². The fourth-order valence-corrected chi connectivity index (χ4v) is 6.31. The van der Waals surface area contributed by atoms with Gasteiger partial charge in [0.25, 0.3) is 5.91 Å². The topological polar surface area (TPSA) is 146 Å². The number of rotatable bonds is 10. The lowest BCUT2D eigenvalue weighted by Gasteiger charge is -2.35. The molecule has 0 saturated heterocycles. The summed E-state index contributed by atoms with van der Waals surface area (Å²) in [6, 6.07) is 11.3. The highest BCUT2D eigenvalue weighted by molar-refractivity contribution is 6.32. The third kappa shape index (κ3) is 6.87. The van der Waals surface area contributed by atoms with Crippen LogP contribution in [0.5, 0.6) is 0 Å². The third-order valence-electron chi connectivity index (χ3n) is 8.80. The van der Waals surface area contributed by atoms with Crippen LogP contribution in [0.3, 0.4) is 0 Å². The minimum atomic E-state index is -2.76. The normalized spacial score (nSPS) is 19.2. The van der Waals surface area contributed by atoms with E-state index in [-0.39, 0.29) is 24.5 Å². The second-order valence-electron chi connectivity index (χ2n) is 14.0. The number of carbonyl (C=O) groups is 2. The van der Waals surface area contributed by atoms with Crippen LogP contribution in [0, 0.1) is 12.3 Å². The second kappa shape index (κ2) is 12.6. The predicted octanol–water partition coefficient (Wildman–Crippen LogP) is 6.30. The van der Waals surface area contributed by atoms with Crippen molar-refractivity contribution in [1.29, 1.82) is 0 Å². The molecule has 2 aromatic heterocycles. The zero-order valence-corrected chi connectivity index (χ0v) is 28.6. The standard InChI is InChI=1S/C34H38ClF2N9O3/c1-20-39-19-41-46(20)26-14-22(8-11-25(26)35)27(17-49-31(48)43-33(5)12-13-33)45-28(47)34(42-30(45)38,18-32(2,3)4)24-9-6-21(7-10-24)23-15-40-44(16-23)29(36)37/h6-11,14-16,19,27,29H,12-13,17-18H2,1-5H3,(H2,38,42)(H,43,48)/t27-,34-/m1/s1. The van der Waals surface area contributed by atoms with Crippen LogP contribution in [0.2, 0.25) is 5.02 Å². The van der Waals surface area contributed by atoms with Crippen molar-refractivity contribution in [1.82, 2.24) is 34.8 Å². The molecule has 1 fully saturated rings. The van der Waals surface area contributed by atoms with E-state index in [4.69, 9.17) is 27.1 Å². The number of hydrogen-bond donors (Lipinski definition) is 2. The minimum Gasteiger partial charge on any atom is -0.447 e. The van der Waals surface area contributed by atoms with Crippen molar-refractivity contribution in [2.75, 3.05) is 6.61 Å². The number of alkyl halides is 2. The Morgan fingerprint density at radius 2 is 1.84 bits per heavy atom. The molecule has 6 rings (SSSR count). The molecule has 15 heteroatoms. The molecular formula is C34H38ClF2N9O3. The molecule has 12 nitrogen and oxygen atoms in total. The van der Waals surface area contributed by atoms with Crippen molar-refractivity contribution < 1.29 is 23.1 Å². The van der Waals surface area contributed by atoms with Crippen LogP contribution >= 0.6 is 11.6 Å². The number of guanidine groups is 1. The van der Waals surface area contributed by atoms with Crippen LogP contribution in [0.1, 0.15) is 76.5 Å². The van der Waals surface area contributed by atoms with E-state index >= 15 is 0 Å². The van der Waals surface area contributed by atoms with Crippen LogP contribution in [0.25, 0.3) is 16.8 Å². The molecule has 0 spiro atoms. The van der Waals surface area contributed by atoms with Gasteiger partial charge < -0.3 is 15.8 Å². The van der Waals surface area contributed by atoms with Crippen molar-refractivity contribution in [2.24, 2.45) is 16.1 Å². The molecule has 0 unspecified atom stereocenters. The predicted molar refractivity (Wildman–Crippen MR) is 179 cm³/mol. The molecule has 1 aliphatic carbocycles. The molecule has 1 saturated carbocycles. The Labute approximate surface area is 287 Å². The average molecular weight is 694 g/mol. The number of aromatic nitrogens is 5. The van der Waals surface area contributed by atoms with Crippen LogP contribution in [0.15, 0.2) is 66.2 Å². The molecule has 258 valence electrons. The van der Waals surface area contributed by atoms with Crippen LogP contribution < -0.4 is 11.1 Å². The second-order valence-corrected chi connectivity index (χ2v) is 14.4. The van der Waals surface area contributed by atoms with Crippen LogP contribution in [-0.4, -0.2) is 59.6 Å². The highest BCUT2D eigenvalue weighted by atomic mass is 35.5. The van der Waals surface area contributed by atoms with E-state index in [0.717, 1.165) is 12.8 Å². The summed E-state index contributed by atoms with van der Waals surface area (Å²) in [6.07, 6.45) is 5.39. The van der Waals surface area contributed by atoms with Gasteiger partial charge in [-0.15, -0.1) is 0 Å². The average Bonchev–Trinajstić information content (AvgIpc) is 3.35. The summed E-state index contributed by atoms with van der Waals surface area (Å²) in [5.41, 5.74) is 7.30. The lowest BCUT2D eigenvalue weighted by atomic mass is 9.75. The van der Waals surface area contributed by atoms with Crippen molar-refractivity contribution in [2.45, 2.75) is 77.6 Å². The SMILES string of the molecule is Cc1ncnn1-c1cc([C@@H](COC(=O)NC2(C)CC2)N2C(=O)[C@@](CC(C)(C)C)(c3ccc(-c4cnn(C(F)F)c4)cc3)N=C2N)ccc1Cl. The largest absolute Gasteiger partial charge is 0.447 e. The Bertz CT molecular complexity index is 1910. The summed E-state index contributed by atoms with van der Waals surface area (Å²) in [6.45, 7) is 6.71. The molecule has 1 aliphatic heterocycles. The van der Waals surface area contributed by atoms with Gasteiger partial charge in [0.15, 0.2) is 11.5 Å². The van der Waals surface area contributed by atoms with Gasteiger partial charge in [-0.1, -0.05) is 62.7 Å². The fourth-order valence-electron chi connectivity index (χ4n) is 6.11. The number of carbonyl (C=O) groups excluding carboxylic acids is 2. The summed E-state index contributed by atoms with van der Waals surface area (Å²) < 4.78 is 34.2. The lowest BCUT2D eigenvalue weighted by Crippen LogP contribution is -2.48. The summed E-state index contributed by atoms with van der Waals surface area (Å²) in [5, 5.41) is 11.3. The molecule has 2 aliphatic rings. The number of aliphatic imine (C=N–C) groups is 1. The van der Waals surface area contributed by atoms with E-state index in [1.165, 1.54) is 23.6 Å². The number of alkyl carbamates (subject to hydrolysis) is 1. The molecule has 2 amide bonds. The first-order chi connectivity index (χ1) is 23.1. The Kier molecular flexibility index (Phi) is 8.72. The highest BCUT2D eigenvalue weighted by Crippen LogP contribution is 2.45. The van der Waals surface area contributed by atoms with Gasteiger partial charge in [-0.05, 0) is 67.3 Å². The van der Waals surface area contributed by atoms with Gasteiger partial charge in [-0.3, -0.25) is 9.69 Å². The summed E-state index contributed by atoms with van der Waals surface area (Å²) in [5.74, 6) is 0.138. The molecule has 4 aromatic rings. The van der Waals surface area contributed by atoms with Gasteiger partial charge in [0.05, 0.1) is 22.9 Å². The molecule has 0 radical (unpaired) electrons. The Balaban J connectivity index is 1.39. The van der Waals surface area contributed by atoms with E-state index in [0.29, 0.717) is 43.5 Å². The Morgan fingerprint density at radius 3 is 2.43 bits per heavy atom. The van der Waals surface area contributed by atoms with Gasteiger partial charge in [0.2, 0.25) is 0 Å². The first-order valence-corrected chi connectivity index (χ1v) is 16.2. The zero-order valence-electron chi connectivity index (χ0n) is 27.8. The number of halogens is 3. The highest BCUT2D eigenvalue weighted by Gasteiger charge is 2.53. The summed E-state index contributed by atoms with van der Waals surface area (Å²) in [4.78, 5) is 38.2. The van der Waals surface area contributed by atoms with E-state index in [1.807, 2.05) is 27.7 Å². The van der Waals surface area contributed by atoms with Gasteiger partial charge in [0.1, 0.15) is 18.8 Å². The maximum atomic E-state index is 14.9. The van der Waals surface area contributed by atoms with Gasteiger partial charge in [0, 0.05) is 17.3 Å². The maximum absolute atomic E-state index is 14.9. The van der Waals surface area contributed by atoms with Crippen LogP contribution in [0.4, 0.5) is 13.6 Å². The van der Waals surface area contributed by atoms with Crippen molar-refractivity contribution in [3.8, 4) is 16.8 Å². The minimum absolute atomic E-state index is 0.0480. The van der Waals surface area contributed by atoms with Gasteiger partial charge >= 0.3 is 12.6 Å². The molecule has 3 N–H and O–H groups in total. The molecule has 2 aromatic carbocycles. The monoisotopic (exact) mass is 693 g/mol.